The summed E-state index contributed by atoms with van der Waals surface area (Å²) in [5, 5.41) is 2.87. The van der Waals surface area contributed by atoms with Crippen molar-refractivity contribution in [3.8, 4) is 11.6 Å². The molecule has 0 aliphatic carbocycles. The second-order valence-electron chi connectivity index (χ2n) is 5.82. The summed E-state index contributed by atoms with van der Waals surface area (Å²) >= 11 is 0. The van der Waals surface area contributed by atoms with Crippen LogP contribution >= 0.6 is 24.8 Å². The molecule has 0 spiro atoms. The Balaban J connectivity index is 0.00000288. The predicted octanol–water partition coefficient (Wildman–Crippen LogP) is 4.40. The maximum absolute atomic E-state index is 11.9. The van der Waals surface area contributed by atoms with Crippen molar-refractivity contribution in [2.24, 2.45) is 5.73 Å². The molecule has 1 atom stereocenters. The molecule has 1 heterocycles. The first-order valence-electron chi connectivity index (χ1n) is 7.70. The molecule has 5 nitrogen and oxygen atoms in total. The highest BCUT2D eigenvalue weighted by atomic mass is 35.5. The van der Waals surface area contributed by atoms with Crippen LogP contribution in [0.1, 0.15) is 30.9 Å². The third-order valence-corrected chi connectivity index (χ3v) is 3.40. The normalized spacial score (nSPS) is 10.9. The summed E-state index contributed by atoms with van der Waals surface area (Å²) in [5.74, 6) is 1.16. The Labute approximate surface area is 161 Å². The molecule has 2 aromatic rings. The first kappa shape index (κ1) is 23.2. The third-order valence-electron chi connectivity index (χ3n) is 3.40. The quantitative estimate of drug-likeness (QED) is 0.772. The standard InChI is InChI=1S/C18H23N3O2.2ClH/c1-12-8-9-20-18(10-12)23-16-11-15(6-4-13(16)2)21-17(22)7-5-14(3)19;;/h4,6,8-11,14H,5,7,19H2,1-3H3,(H,21,22);2*1H. The monoisotopic (exact) mass is 385 g/mol. The number of nitrogens with two attached hydrogens (primary N) is 1. The second kappa shape index (κ2) is 10.9. The molecule has 25 heavy (non-hydrogen) atoms. The molecule has 1 amide bonds. The van der Waals surface area contributed by atoms with Crippen LogP contribution in [0.5, 0.6) is 11.6 Å². The fourth-order valence-corrected chi connectivity index (χ4v) is 2.05. The van der Waals surface area contributed by atoms with Gasteiger partial charge >= 0.3 is 0 Å². The third kappa shape index (κ3) is 7.73. The molecule has 0 saturated carbocycles. The lowest BCUT2D eigenvalue weighted by Crippen LogP contribution is -2.19. The number of pyridine rings is 1. The first-order chi connectivity index (χ1) is 10.9. The Morgan fingerprint density at radius 1 is 1.24 bits per heavy atom. The first-order valence-corrected chi connectivity index (χ1v) is 7.70. The van der Waals surface area contributed by atoms with E-state index in [0.29, 0.717) is 30.2 Å². The Bertz CT molecular complexity index is 694. The molecule has 0 aliphatic rings. The molecule has 1 aromatic carbocycles. The van der Waals surface area contributed by atoms with E-state index in [0.717, 1.165) is 11.1 Å². The summed E-state index contributed by atoms with van der Waals surface area (Å²) in [7, 11) is 0. The van der Waals surface area contributed by atoms with Gasteiger partial charge in [0, 0.05) is 36.5 Å². The van der Waals surface area contributed by atoms with Gasteiger partial charge in [0.2, 0.25) is 11.8 Å². The topological polar surface area (TPSA) is 77.2 Å². The number of ether oxygens (including phenoxy) is 1. The Morgan fingerprint density at radius 2 is 1.96 bits per heavy atom. The molecule has 0 saturated heterocycles. The van der Waals surface area contributed by atoms with Crippen molar-refractivity contribution in [1.82, 2.24) is 4.98 Å². The van der Waals surface area contributed by atoms with Gasteiger partial charge in [0.05, 0.1) is 0 Å². The van der Waals surface area contributed by atoms with Gasteiger partial charge < -0.3 is 15.8 Å². The molecule has 3 N–H and O–H groups in total. The van der Waals surface area contributed by atoms with Gasteiger partial charge in [0.15, 0.2) is 0 Å². The SMILES string of the molecule is Cc1ccnc(Oc2cc(NC(=O)CCC(C)N)ccc2C)c1.Cl.Cl. The van der Waals surface area contributed by atoms with E-state index in [-0.39, 0.29) is 36.8 Å². The van der Waals surface area contributed by atoms with E-state index < -0.39 is 0 Å². The lowest BCUT2D eigenvalue weighted by molar-refractivity contribution is -0.116. The highest BCUT2D eigenvalue weighted by Gasteiger charge is 2.08. The maximum Gasteiger partial charge on any atom is 0.224 e. The molecular formula is C18H25Cl2N3O2. The number of aryl methyl sites for hydroxylation is 2. The number of hydrogen-bond acceptors (Lipinski definition) is 4. The molecule has 1 unspecified atom stereocenters. The van der Waals surface area contributed by atoms with Crippen molar-refractivity contribution in [3.63, 3.8) is 0 Å². The van der Waals surface area contributed by atoms with Crippen molar-refractivity contribution in [2.45, 2.75) is 39.7 Å². The molecule has 0 bridgehead atoms. The number of benzene rings is 1. The highest BCUT2D eigenvalue weighted by molar-refractivity contribution is 5.91. The minimum absolute atomic E-state index is 0. The van der Waals surface area contributed by atoms with Crippen LogP contribution in [-0.4, -0.2) is 16.9 Å². The van der Waals surface area contributed by atoms with E-state index in [1.54, 1.807) is 6.20 Å². The number of carbonyl (C=O) groups is 1. The molecule has 0 radical (unpaired) electrons. The number of hydrogen-bond donors (Lipinski definition) is 2. The van der Waals surface area contributed by atoms with Crippen molar-refractivity contribution in [3.05, 3.63) is 47.7 Å². The fourth-order valence-electron chi connectivity index (χ4n) is 2.05. The molecular weight excluding hydrogens is 361 g/mol. The van der Waals surface area contributed by atoms with Crippen LogP contribution in [0.15, 0.2) is 36.5 Å². The van der Waals surface area contributed by atoms with Crippen molar-refractivity contribution in [2.75, 3.05) is 5.32 Å². The minimum atomic E-state index is -0.0502. The zero-order valence-corrected chi connectivity index (χ0v) is 16.2. The number of amides is 1. The van der Waals surface area contributed by atoms with E-state index in [2.05, 4.69) is 10.3 Å². The van der Waals surface area contributed by atoms with Gasteiger partial charge in [0.1, 0.15) is 5.75 Å². The van der Waals surface area contributed by atoms with Crippen molar-refractivity contribution >= 4 is 36.4 Å². The molecule has 2 rings (SSSR count). The van der Waals surface area contributed by atoms with E-state index >= 15 is 0 Å². The largest absolute Gasteiger partial charge is 0.439 e. The zero-order valence-electron chi connectivity index (χ0n) is 14.6. The number of aromatic nitrogens is 1. The smallest absolute Gasteiger partial charge is 0.224 e. The van der Waals surface area contributed by atoms with Crippen LogP contribution in [0, 0.1) is 13.8 Å². The maximum atomic E-state index is 11.9. The molecule has 7 heteroatoms. The number of rotatable bonds is 6. The Kier molecular flexibility index (Phi) is 10.1. The number of nitrogens with zero attached hydrogens (tertiary/aromatic N) is 1. The van der Waals surface area contributed by atoms with Crippen LogP contribution in [0.2, 0.25) is 0 Å². The van der Waals surface area contributed by atoms with Gasteiger partial charge in [-0.1, -0.05) is 6.07 Å². The van der Waals surface area contributed by atoms with Gasteiger partial charge in [-0.2, -0.15) is 0 Å². The number of halogens is 2. The second-order valence-corrected chi connectivity index (χ2v) is 5.82. The molecule has 138 valence electrons. The number of nitrogens with one attached hydrogen (secondary N) is 1. The van der Waals surface area contributed by atoms with Gasteiger partial charge in [-0.25, -0.2) is 4.98 Å². The van der Waals surface area contributed by atoms with E-state index in [9.17, 15) is 4.79 Å². The molecule has 1 aromatic heterocycles. The number of carbonyl (C=O) groups excluding carboxylic acids is 1. The van der Waals surface area contributed by atoms with Gasteiger partial charge in [0.25, 0.3) is 0 Å². The summed E-state index contributed by atoms with van der Waals surface area (Å²) in [6.07, 6.45) is 2.77. The van der Waals surface area contributed by atoms with Crippen molar-refractivity contribution in [1.29, 1.82) is 0 Å². The van der Waals surface area contributed by atoms with Crippen molar-refractivity contribution < 1.29 is 9.53 Å². The molecule has 0 fully saturated rings. The van der Waals surface area contributed by atoms with Gasteiger partial charge in [-0.05, 0) is 50.5 Å². The fraction of sp³-hybridized carbons (Fsp3) is 0.333. The van der Waals surface area contributed by atoms with Crippen LogP contribution < -0.4 is 15.8 Å². The van der Waals surface area contributed by atoms with Crippen LogP contribution in [-0.2, 0) is 4.79 Å². The molecule has 0 aliphatic heterocycles. The minimum Gasteiger partial charge on any atom is -0.439 e. The highest BCUT2D eigenvalue weighted by Crippen LogP contribution is 2.27. The Hall–Kier alpha value is -1.82. The van der Waals surface area contributed by atoms with Crippen LogP contribution in [0.25, 0.3) is 0 Å². The van der Waals surface area contributed by atoms with E-state index in [1.165, 1.54) is 0 Å². The summed E-state index contributed by atoms with van der Waals surface area (Å²) in [6.45, 7) is 5.82. The zero-order chi connectivity index (χ0) is 16.8. The lowest BCUT2D eigenvalue weighted by atomic mass is 10.1. The predicted molar refractivity (Wildman–Crippen MR) is 106 cm³/mol. The van der Waals surface area contributed by atoms with E-state index in [1.807, 2.05) is 51.1 Å². The van der Waals surface area contributed by atoms with E-state index in [4.69, 9.17) is 10.5 Å². The average Bonchev–Trinajstić information content (AvgIpc) is 2.49. The lowest BCUT2D eigenvalue weighted by Gasteiger charge is -2.12. The van der Waals surface area contributed by atoms with Crippen LogP contribution in [0.4, 0.5) is 5.69 Å². The van der Waals surface area contributed by atoms with Gasteiger partial charge in [-0.3, -0.25) is 4.79 Å². The summed E-state index contributed by atoms with van der Waals surface area (Å²) in [4.78, 5) is 16.1. The average molecular weight is 386 g/mol. The number of anilines is 1. The summed E-state index contributed by atoms with van der Waals surface area (Å²) in [5.41, 5.74) is 8.42. The summed E-state index contributed by atoms with van der Waals surface area (Å²) < 4.78 is 5.83. The Morgan fingerprint density at radius 3 is 2.60 bits per heavy atom. The van der Waals surface area contributed by atoms with Gasteiger partial charge in [-0.15, -0.1) is 24.8 Å². The van der Waals surface area contributed by atoms with Crippen LogP contribution in [0.3, 0.4) is 0 Å². The summed E-state index contributed by atoms with van der Waals surface area (Å²) in [6, 6.07) is 9.37.